The molecule has 4 aliphatic rings. The second kappa shape index (κ2) is 15.8. The van der Waals surface area contributed by atoms with E-state index in [0.29, 0.717) is 78.0 Å². The zero-order valence-corrected chi connectivity index (χ0v) is 33.6. The molecule has 0 unspecified atom stereocenters. The van der Waals surface area contributed by atoms with E-state index in [1.165, 1.54) is 0 Å². The molecule has 12 nitrogen and oxygen atoms in total. The summed E-state index contributed by atoms with van der Waals surface area (Å²) in [6.45, 7) is 6.99. The monoisotopic (exact) mass is 781 g/mol. The molecule has 2 amide bonds. The van der Waals surface area contributed by atoms with Crippen molar-refractivity contribution in [3.05, 3.63) is 107 Å². The Labute approximate surface area is 338 Å². The van der Waals surface area contributed by atoms with Crippen molar-refractivity contribution in [1.29, 1.82) is 0 Å². The molecule has 0 radical (unpaired) electrons. The van der Waals surface area contributed by atoms with Crippen molar-refractivity contribution in [2.24, 2.45) is 9.98 Å². The van der Waals surface area contributed by atoms with Crippen LogP contribution in [0.15, 0.2) is 95.2 Å². The number of nitrogens with one attached hydrogen (secondary N) is 1. The first-order valence-corrected chi connectivity index (χ1v) is 19.4. The largest absolute Gasteiger partial charge is 0.497 e. The Morgan fingerprint density at radius 2 is 1.10 bits per heavy atom. The van der Waals surface area contributed by atoms with Gasteiger partial charge in [-0.3, -0.25) is 19.6 Å². The number of hydrogen-bond acceptors (Lipinski definition) is 10. The van der Waals surface area contributed by atoms with Crippen molar-refractivity contribution >= 4 is 52.5 Å². The zero-order chi connectivity index (χ0) is 40.6. The first-order valence-electron chi connectivity index (χ1n) is 19.4. The van der Waals surface area contributed by atoms with Crippen LogP contribution in [0.4, 0.5) is 17.1 Å². The Morgan fingerprint density at radius 1 is 0.638 bits per heavy atom. The molecule has 0 spiro atoms. The number of amides is 2. The number of rotatable bonds is 12. The molecule has 0 saturated heterocycles. The number of nitrogens with zero attached hydrogens (tertiary/aromatic N) is 4. The second-order valence-electron chi connectivity index (χ2n) is 15.6. The molecule has 4 aromatic rings. The van der Waals surface area contributed by atoms with Gasteiger partial charge >= 0.3 is 0 Å². The number of ether oxygens (including phenoxy) is 5. The van der Waals surface area contributed by atoms with Crippen LogP contribution in [0.2, 0.25) is 0 Å². The summed E-state index contributed by atoms with van der Waals surface area (Å²) in [6.07, 6.45) is 9.32. The highest BCUT2D eigenvalue weighted by Gasteiger charge is 2.35. The molecule has 8 rings (SSSR count). The quantitative estimate of drug-likeness (QED) is 0.142. The molecule has 0 aromatic heterocycles. The van der Waals surface area contributed by atoms with Gasteiger partial charge in [-0.1, -0.05) is 24.3 Å². The molecule has 4 aromatic carbocycles. The minimum atomic E-state index is -0.204. The van der Waals surface area contributed by atoms with Crippen LogP contribution in [0.25, 0.3) is 11.1 Å². The molecule has 2 atom stereocenters. The minimum Gasteiger partial charge on any atom is -0.497 e. The number of carbonyl (C=O) groups excluding carboxylic acids is 2. The molecular formula is C46H47N5O7. The van der Waals surface area contributed by atoms with E-state index in [1.54, 1.807) is 55.4 Å². The fourth-order valence-corrected chi connectivity index (χ4v) is 7.57. The van der Waals surface area contributed by atoms with Gasteiger partial charge in [0.25, 0.3) is 11.8 Å². The lowest BCUT2D eigenvalue weighted by Gasteiger charge is -2.22. The van der Waals surface area contributed by atoms with Crippen molar-refractivity contribution < 1.29 is 33.3 Å². The van der Waals surface area contributed by atoms with E-state index in [9.17, 15) is 9.59 Å². The maximum Gasteiger partial charge on any atom is 0.260 e. The van der Waals surface area contributed by atoms with Crippen molar-refractivity contribution in [1.82, 2.24) is 9.80 Å². The van der Waals surface area contributed by atoms with Gasteiger partial charge in [0.15, 0.2) is 23.0 Å². The molecule has 1 N–H and O–H groups in total. The summed E-state index contributed by atoms with van der Waals surface area (Å²) in [5, 5.41) is 3.49. The van der Waals surface area contributed by atoms with Crippen LogP contribution in [-0.4, -0.2) is 86.2 Å². The average molecular weight is 782 g/mol. The van der Waals surface area contributed by atoms with Gasteiger partial charge in [0.1, 0.15) is 5.75 Å². The van der Waals surface area contributed by atoms with Gasteiger partial charge in [0.2, 0.25) is 0 Å². The molecule has 0 fully saturated rings. The Bertz CT molecular complexity index is 2360. The first-order chi connectivity index (χ1) is 28.0. The maximum absolute atomic E-state index is 13.9. The lowest BCUT2D eigenvalue weighted by atomic mass is 10.0. The van der Waals surface area contributed by atoms with Gasteiger partial charge in [-0.05, 0) is 79.4 Å². The van der Waals surface area contributed by atoms with E-state index in [4.69, 9.17) is 33.7 Å². The number of benzene rings is 4. The molecule has 58 heavy (non-hydrogen) atoms. The average Bonchev–Trinajstić information content (AvgIpc) is 3.80. The van der Waals surface area contributed by atoms with Gasteiger partial charge in [0.05, 0.1) is 69.1 Å². The Morgan fingerprint density at radius 3 is 1.53 bits per heavy atom. The Hall–Kier alpha value is -6.56. The fraction of sp³-hybridized carbons (Fsp3) is 0.304. The smallest absolute Gasteiger partial charge is 0.260 e. The summed E-state index contributed by atoms with van der Waals surface area (Å²) in [7, 11) is 4.73. The molecular weight excluding hydrogens is 735 g/mol. The third kappa shape index (κ3) is 7.74. The number of anilines is 1. The summed E-state index contributed by atoms with van der Waals surface area (Å²) in [4.78, 5) is 40.6. The summed E-state index contributed by atoms with van der Waals surface area (Å²) in [6, 6.07) is 22.6. The van der Waals surface area contributed by atoms with Gasteiger partial charge in [0, 0.05) is 67.5 Å². The first kappa shape index (κ1) is 38.3. The number of carbonyl (C=O) groups is 2. The van der Waals surface area contributed by atoms with Crippen molar-refractivity contribution in [3.63, 3.8) is 0 Å². The van der Waals surface area contributed by atoms with Gasteiger partial charge in [-0.15, -0.1) is 0 Å². The van der Waals surface area contributed by atoms with Crippen LogP contribution in [0, 0.1) is 0 Å². The van der Waals surface area contributed by atoms with Crippen molar-refractivity contribution in [3.8, 4) is 28.7 Å². The van der Waals surface area contributed by atoms with Gasteiger partial charge in [-0.2, -0.15) is 0 Å². The molecule has 4 aliphatic heterocycles. The summed E-state index contributed by atoms with van der Waals surface area (Å²) in [5.41, 5.74) is 7.16. The van der Waals surface area contributed by atoms with Gasteiger partial charge in [-0.25, -0.2) is 0 Å². The van der Waals surface area contributed by atoms with Crippen LogP contribution >= 0.6 is 0 Å². The topological polar surface area (TPSA) is 124 Å². The number of aliphatic imine (C=N–C) groups is 2. The van der Waals surface area contributed by atoms with Crippen molar-refractivity contribution in [2.75, 3.05) is 39.9 Å². The Kier molecular flexibility index (Phi) is 10.4. The van der Waals surface area contributed by atoms with E-state index >= 15 is 0 Å². The SMILES string of the molecule is COc1ccc(C2=CN3C(=O)c4cc(OC)c(OCCCOc5cc6c(cc5OC)C(=O)N5C=C(c7ccc(NC(C)(C)C)cc7)C[C@H]5C=N6)cc4N=C[C@H]3C2)cc1. The normalized spacial score (nSPS) is 18.0. The predicted octanol–water partition coefficient (Wildman–Crippen LogP) is 8.71. The fourth-order valence-electron chi connectivity index (χ4n) is 7.57. The third-order valence-corrected chi connectivity index (χ3v) is 10.5. The van der Waals surface area contributed by atoms with E-state index in [1.807, 2.05) is 49.1 Å². The number of fused-ring (bicyclic) bond motifs is 4. The van der Waals surface area contributed by atoms with E-state index in [0.717, 1.165) is 33.7 Å². The van der Waals surface area contributed by atoms with Crippen LogP contribution in [0.1, 0.15) is 71.9 Å². The molecule has 0 bridgehead atoms. The highest BCUT2D eigenvalue weighted by atomic mass is 16.5. The second-order valence-corrected chi connectivity index (χ2v) is 15.6. The summed E-state index contributed by atoms with van der Waals surface area (Å²) < 4.78 is 28.9. The molecule has 4 heterocycles. The third-order valence-electron chi connectivity index (χ3n) is 10.5. The van der Waals surface area contributed by atoms with Crippen molar-refractivity contribution in [2.45, 2.75) is 57.7 Å². The lowest BCUT2D eigenvalue weighted by molar-refractivity contribution is 0.0809. The molecule has 0 aliphatic carbocycles. The maximum atomic E-state index is 13.9. The van der Waals surface area contributed by atoms with Crippen LogP contribution in [-0.2, 0) is 0 Å². The predicted molar refractivity (Wildman–Crippen MR) is 226 cm³/mol. The van der Waals surface area contributed by atoms with Crippen LogP contribution in [0.3, 0.4) is 0 Å². The van der Waals surface area contributed by atoms with Gasteiger partial charge < -0.3 is 38.8 Å². The van der Waals surface area contributed by atoms with Crippen LogP contribution < -0.4 is 29.0 Å². The van der Waals surface area contributed by atoms with E-state index < -0.39 is 0 Å². The minimum absolute atomic E-state index is 0.0371. The van der Waals surface area contributed by atoms with Crippen LogP contribution in [0.5, 0.6) is 28.7 Å². The Balaban J connectivity index is 0.896. The highest BCUT2D eigenvalue weighted by Crippen LogP contribution is 2.42. The zero-order valence-electron chi connectivity index (χ0n) is 33.6. The number of hydrogen-bond donors (Lipinski definition) is 1. The molecule has 12 heteroatoms. The van der Waals surface area contributed by atoms with E-state index in [2.05, 4.69) is 50.4 Å². The standard InChI is InChI=1S/C46H47N5O7/c1-46(2,3)49-32-12-8-28(9-13-32)30-18-33-24-47-38-22-42(40(55-5)20-36(38)44(52)50(33)26-30)57-16-7-17-58-43-23-39-37(21-41(43)56-6)45(53)51-27-31(19-34(51)25-48-39)29-10-14-35(54-4)15-11-29/h8-15,20-27,33-34,49H,7,16-19H2,1-6H3/t33-,34+/m0/s1. The van der Waals surface area contributed by atoms with E-state index in [-0.39, 0.29) is 29.4 Å². The molecule has 298 valence electrons. The summed E-state index contributed by atoms with van der Waals surface area (Å²) in [5.74, 6) is 2.31. The molecule has 0 saturated carbocycles. The number of methoxy groups -OCH3 is 3. The lowest BCUT2D eigenvalue weighted by Crippen LogP contribution is -2.32. The summed E-state index contributed by atoms with van der Waals surface area (Å²) >= 11 is 0. The highest BCUT2D eigenvalue weighted by molar-refractivity contribution is 6.06.